The molecule has 150 valence electrons. The highest BCUT2D eigenvalue weighted by atomic mass is 35.5. The van der Waals surface area contributed by atoms with Gasteiger partial charge in [-0.15, -0.1) is 0 Å². The van der Waals surface area contributed by atoms with Crippen LogP contribution in [0.1, 0.15) is 5.69 Å². The van der Waals surface area contributed by atoms with Crippen LogP contribution >= 0.6 is 11.6 Å². The van der Waals surface area contributed by atoms with E-state index in [0.717, 1.165) is 22.8 Å². The Hall–Kier alpha value is -3.58. The highest BCUT2D eigenvalue weighted by Gasteiger charge is 2.23. The summed E-state index contributed by atoms with van der Waals surface area (Å²) in [6, 6.07) is 15.7. The number of para-hydroxylation sites is 1. The van der Waals surface area contributed by atoms with Crippen LogP contribution in [0.25, 0.3) is 5.69 Å². The molecular formula is C22H19ClN6O. The van der Waals surface area contributed by atoms with Gasteiger partial charge in [0, 0.05) is 17.6 Å². The topological polar surface area (TPSA) is 68.1 Å². The molecule has 30 heavy (non-hydrogen) atoms. The number of hydrogen-bond donors (Lipinski definition) is 1. The lowest BCUT2D eigenvalue weighted by Crippen LogP contribution is -2.30. The number of ether oxygens (including phenoxy) is 1. The van der Waals surface area contributed by atoms with Crippen molar-refractivity contribution >= 4 is 34.7 Å². The minimum Gasteiger partial charge on any atom is -0.486 e. The lowest BCUT2D eigenvalue weighted by atomic mass is 10.2. The standard InChI is InChI=1S/C22H19ClN6O/c1-15-13-28(14-25-15)17-8-6-16(7-9-17)26-22-24-12-20-21(27-22)29(10-11-30-20)19-5-3-2-4-18(19)23/h2-9,12-14H,10-11H2,1H3,(H,24,26,27). The van der Waals surface area contributed by atoms with Gasteiger partial charge in [-0.25, -0.2) is 9.97 Å². The second-order valence-electron chi connectivity index (χ2n) is 6.93. The van der Waals surface area contributed by atoms with E-state index in [0.29, 0.717) is 35.7 Å². The fraction of sp³-hybridized carbons (Fsp3) is 0.136. The van der Waals surface area contributed by atoms with Gasteiger partial charge in [0.2, 0.25) is 5.95 Å². The summed E-state index contributed by atoms with van der Waals surface area (Å²) in [5.41, 5.74) is 3.79. The van der Waals surface area contributed by atoms with Crippen molar-refractivity contribution < 1.29 is 4.74 Å². The minimum atomic E-state index is 0.488. The third-order valence-corrected chi connectivity index (χ3v) is 5.16. The molecule has 3 heterocycles. The number of aryl methyl sites for hydroxylation is 1. The van der Waals surface area contributed by atoms with Crippen LogP contribution in [0.4, 0.5) is 23.1 Å². The quantitative estimate of drug-likeness (QED) is 0.508. The summed E-state index contributed by atoms with van der Waals surface area (Å²) in [5, 5.41) is 3.93. The van der Waals surface area contributed by atoms with Crippen molar-refractivity contribution in [3.63, 3.8) is 0 Å². The minimum absolute atomic E-state index is 0.488. The predicted molar refractivity (Wildman–Crippen MR) is 118 cm³/mol. The van der Waals surface area contributed by atoms with Crippen LogP contribution in [0.2, 0.25) is 5.02 Å². The van der Waals surface area contributed by atoms with Gasteiger partial charge in [0.05, 0.1) is 35.5 Å². The maximum atomic E-state index is 6.41. The Kier molecular flexibility index (Phi) is 4.72. The zero-order chi connectivity index (χ0) is 20.5. The first-order valence-electron chi connectivity index (χ1n) is 9.57. The average Bonchev–Trinajstić information content (AvgIpc) is 3.21. The zero-order valence-corrected chi connectivity index (χ0v) is 17.0. The molecule has 0 unspecified atom stereocenters. The lowest BCUT2D eigenvalue weighted by molar-refractivity contribution is 0.310. The summed E-state index contributed by atoms with van der Waals surface area (Å²) >= 11 is 6.41. The summed E-state index contributed by atoms with van der Waals surface area (Å²) in [6.07, 6.45) is 5.47. The molecule has 0 fully saturated rings. The number of anilines is 4. The molecule has 1 N–H and O–H groups in total. The summed E-state index contributed by atoms with van der Waals surface area (Å²) in [5.74, 6) is 1.82. The summed E-state index contributed by atoms with van der Waals surface area (Å²) in [6.45, 7) is 3.17. The molecule has 0 amide bonds. The number of nitrogens with zero attached hydrogens (tertiary/aromatic N) is 5. The van der Waals surface area contributed by atoms with E-state index in [1.807, 2.05) is 66.2 Å². The Morgan fingerprint density at radius 2 is 1.90 bits per heavy atom. The second-order valence-corrected chi connectivity index (χ2v) is 7.33. The molecule has 5 rings (SSSR count). The number of halogens is 1. The molecular weight excluding hydrogens is 400 g/mol. The molecule has 8 heteroatoms. The van der Waals surface area contributed by atoms with Crippen LogP contribution in [-0.4, -0.2) is 32.7 Å². The largest absolute Gasteiger partial charge is 0.486 e. The van der Waals surface area contributed by atoms with E-state index in [2.05, 4.69) is 20.2 Å². The molecule has 4 aromatic rings. The van der Waals surface area contributed by atoms with Crippen LogP contribution in [0.15, 0.2) is 67.3 Å². The second kappa shape index (κ2) is 7.68. The van der Waals surface area contributed by atoms with Gasteiger partial charge in [-0.3, -0.25) is 0 Å². The third-order valence-electron chi connectivity index (χ3n) is 4.84. The van der Waals surface area contributed by atoms with Gasteiger partial charge >= 0.3 is 0 Å². The molecule has 0 atom stereocenters. The van der Waals surface area contributed by atoms with E-state index in [4.69, 9.17) is 21.3 Å². The van der Waals surface area contributed by atoms with E-state index < -0.39 is 0 Å². The van der Waals surface area contributed by atoms with E-state index in [9.17, 15) is 0 Å². The Morgan fingerprint density at radius 3 is 2.67 bits per heavy atom. The molecule has 0 bridgehead atoms. The molecule has 0 aliphatic carbocycles. The first-order valence-corrected chi connectivity index (χ1v) is 9.95. The Balaban J connectivity index is 1.41. The molecule has 0 saturated carbocycles. The molecule has 0 saturated heterocycles. The van der Waals surface area contributed by atoms with Gasteiger partial charge < -0.3 is 19.5 Å². The maximum absolute atomic E-state index is 6.41. The van der Waals surface area contributed by atoms with Gasteiger partial charge in [0.25, 0.3) is 0 Å². The van der Waals surface area contributed by atoms with Crippen LogP contribution in [0.3, 0.4) is 0 Å². The predicted octanol–water partition coefficient (Wildman–Crippen LogP) is 4.90. The van der Waals surface area contributed by atoms with Gasteiger partial charge in [0.15, 0.2) is 11.6 Å². The Labute approximate surface area is 178 Å². The third kappa shape index (κ3) is 3.55. The van der Waals surface area contributed by atoms with Crippen molar-refractivity contribution in [3.05, 3.63) is 78.0 Å². The molecule has 0 radical (unpaired) electrons. The molecule has 1 aliphatic rings. The zero-order valence-electron chi connectivity index (χ0n) is 16.3. The van der Waals surface area contributed by atoms with Crippen molar-refractivity contribution in [1.29, 1.82) is 0 Å². The number of benzene rings is 2. The number of hydrogen-bond acceptors (Lipinski definition) is 6. The number of nitrogens with one attached hydrogen (secondary N) is 1. The average molecular weight is 419 g/mol. The number of imidazole rings is 1. The van der Waals surface area contributed by atoms with Crippen molar-refractivity contribution in [2.24, 2.45) is 0 Å². The Bertz CT molecular complexity index is 1190. The van der Waals surface area contributed by atoms with Crippen molar-refractivity contribution in [3.8, 4) is 11.4 Å². The molecule has 0 spiro atoms. The first-order chi connectivity index (χ1) is 14.7. The van der Waals surface area contributed by atoms with E-state index in [1.165, 1.54) is 0 Å². The molecule has 2 aromatic carbocycles. The summed E-state index contributed by atoms with van der Waals surface area (Å²) in [4.78, 5) is 15.4. The normalized spacial score (nSPS) is 12.9. The number of aromatic nitrogens is 4. The van der Waals surface area contributed by atoms with Gasteiger partial charge in [-0.1, -0.05) is 23.7 Å². The number of rotatable bonds is 4. The highest BCUT2D eigenvalue weighted by Crippen LogP contribution is 2.38. The van der Waals surface area contributed by atoms with E-state index >= 15 is 0 Å². The van der Waals surface area contributed by atoms with Crippen molar-refractivity contribution in [2.45, 2.75) is 6.92 Å². The van der Waals surface area contributed by atoms with Gasteiger partial charge in [0.1, 0.15) is 6.61 Å². The maximum Gasteiger partial charge on any atom is 0.229 e. The van der Waals surface area contributed by atoms with Crippen LogP contribution in [-0.2, 0) is 0 Å². The van der Waals surface area contributed by atoms with Crippen molar-refractivity contribution in [2.75, 3.05) is 23.4 Å². The van der Waals surface area contributed by atoms with Crippen LogP contribution < -0.4 is 15.0 Å². The van der Waals surface area contributed by atoms with Gasteiger partial charge in [-0.05, 0) is 43.3 Å². The molecule has 7 nitrogen and oxygen atoms in total. The summed E-state index contributed by atoms with van der Waals surface area (Å²) in [7, 11) is 0. The highest BCUT2D eigenvalue weighted by molar-refractivity contribution is 6.33. The van der Waals surface area contributed by atoms with Crippen LogP contribution in [0.5, 0.6) is 5.75 Å². The molecule has 1 aliphatic heterocycles. The monoisotopic (exact) mass is 418 g/mol. The molecule has 2 aromatic heterocycles. The van der Waals surface area contributed by atoms with Crippen molar-refractivity contribution in [1.82, 2.24) is 19.5 Å². The summed E-state index contributed by atoms with van der Waals surface area (Å²) < 4.78 is 7.72. The van der Waals surface area contributed by atoms with E-state index in [1.54, 1.807) is 12.5 Å². The Morgan fingerprint density at radius 1 is 1.07 bits per heavy atom. The van der Waals surface area contributed by atoms with Gasteiger partial charge in [-0.2, -0.15) is 4.98 Å². The number of fused-ring (bicyclic) bond motifs is 1. The smallest absolute Gasteiger partial charge is 0.229 e. The fourth-order valence-electron chi connectivity index (χ4n) is 3.38. The SMILES string of the molecule is Cc1cn(-c2ccc(Nc3ncc4c(n3)N(c3ccccc3Cl)CCO4)cc2)cn1. The lowest BCUT2D eigenvalue weighted by Gasteiger charge is -2.30. The first kappa shape index (κ1) is 18.4. The van der Waals surface area contributed by atoms with E-state index in [-0.39, 0.29) is 0 Å². The fourth-order valence-corrected chi connectivity index (χ4v) is 3.62. The van der Waals surface area contributed by atoms with Crippen LogP contribution in [0, 0.1) is 6.92 Å².